The number of fused-ring (bicyclic) bond motifs is 1. The molecule has 2 aromatic rings. The summed E-state index contributed by atoms with van der Waals surface area (Å²) in [6.07, 6.45) is 0. The van der Waals surface area contributed by atoms with Gasteiger partial charge in [-0.15, -0.1) is 0 Å². The Labute approximate surface area is 96.5 Å². The molecule has 0 atom stereocenters. The van der Waals surface area contributed by atoms with Gasteiger partial charge in [0.1, 0.15) is 0 Å². The van der Waals surface area contributed by atoms with Crippen molar-refractivity contribution in [1.29, 1.82) is 0 Å². The third kappa shape index (κ3) is 1.74. The normalized spacial score (nSPS) is 12.3. The van der Waals surface area contributed by atoms with Gasteiger partial charge in [0.2, 0.25) is 0 Å². The van der Waals surface area contributed by atoms with Crippen LogP contribution >= 0.6 is 0 Å². The zero-order valence-corrected chi connectivity index (χ0v) is 10.4. The van der Waals surface area contributed by atoms with E-state index in [1.165, 1.54) is 16.6 Å². The van der Waals surface area contributed by atoms with Crippen molar-refractivity contribution in [3.8, 4) is 0 Å². The first-order valence-electron chi connectivity index (χ1n) is 5.76. The van der Waals surface area contributed by atoms with Crippen molar-refractivity contribution in [2.75, 3.05) is 0 Å². The minimum atomic E-state index is -0.767. The highest BCUT2D eigenvalue weighted by Gasteiger charge is 2.16. The van der Waals surface area contributed by atoms with E-state index in [0.29, 0.717) is 0 Å². The summed E-state index contributed by atoms with van der Waals surface area (Å²) in [6, 6.07) is 8.36. The minimum Gasteiger partial charge on any atom is -0.386 e. The maximum Gasteiger partial charge on any atom is 0.0840 e. The molecule has 0 aliphatic carbocycles. The topological polar surface area (TPSA) is 25.2 Å². The monoisotopic (exact) mass is 217 g/mol. The Morgan fingerprint density at radius 1 is 1.25 bits per heavy atom. The van der Waals surface area contributed by atoms with Crippen LogP contribution in [0.1, 0.15) is 32.0 Å². The molecule has 0 aliphatic rings. The SMILES string of the molecule is CCn1c(C)cc2cc(C(C)(C)O)ccc21. The van der Waals surface area contributed by atoms with Gasteiger partial charge in [-0.2, -0.15) is 0 Å². The highest BCUT2D eigenvalue weighted by atomic mass is 16.3. The molecule has 1 heterocycles. The predicted molar refractivity (Wildman–Crippen MR) is 67.6 cm³/mol. The maximum atomic E-state index is 9.97. The van der Waals surface area contributed by atoms with E-state index in [-0.39, 0.29) is 0 Å². The molecular weight excluding hydrogens is 198 g/mol. The summed E-state index contributed by atoms with van der Waals surface area (Å²) in [5, 5.41) is 11.2. The highest BCUT2D eigenvalue weighted by Crippen LogP contribution is 2.26. The fourth-order valence-corrected chi connectivity index (χ4v) is 2.21. The molecule has 0 saturated carbocycles. The van der Waals surface area contributed by atoms with Crippen molar-refractivity contribution in [2.24, 2.45) is 0 Å². The number of aliphatic hydroxyl groups is 1. The second-order valence-corrected chi connectivity index (χ2v) is 4.86. The van der Waals surface area contributed by atoms with Crippen LogP contribution in [0.2, 0.25) is 0 Å². The zero-order chi connectivity index (χ0) is 11.9. The van der Waals surface area contributed by atoms with E-state index in [2.05, 4.69) is 36.6 Å². The third-order valence-electron chi connectivity index (χ3n) is 3.13. The van der Waals surface area contributed by atoms with Crippen molar-refractivity contribution in [3.05, 3.63) is 35.5 Å². The summed E-state index contributed by atoms with van der Waals surface area (Å²) in [4.78, 5) is 0. The van der Waals surface area contributed by atoms with Crippen LogP contribution in [0.3, 0.4) is 0 Å². The smallest absolute Gasteiger partial charge is 0.0840 e. The number of aryl methyl sites for hydroxylation is 2. The number of hydrogen-bond donors (Lipinski definition) is 1. The Balaban J connectivity index is 2.65. The Bertz CT molecular complexity index is 517. The molecule has 1 aromatic heterocycles. The summed E-state index contributed by atoms with van der Waals surface area (Å²) in [6.45, 7) is 8.89. The second kappa shape index (κ2) is 3.63. The van der Waals surface area contributed by atoms with Crippen LogP contribution < -0.4 is 0 Å². The Hall–Kier alpha value is -1.28. The van der Waals surface area contributed by atoms with Crippen molar-refractivity contribution >= 4 is 10.9 Å². The van der Waals surface area contributed by atoms with Gasteiger partial charge in [-0.25, -0.2) is 0 Å². The van der Waals surface area contributed by atoms with E-state index < -0.39 is 5.60 Å². The van der Waals surface area contributed by atoms with Gasteiger partial charge < -0.3 is 9.67 Å². The molecule has 0 fully saturated rings. The van der Waals surface area contributed by atoms with E-state index >= 15 is 0 Å². The summed E-state index contributed by atoms with van der Waals surface area (Å²) < 4.78 is 2.28. The van der Waals surface area contributed by atoms with E-state index in [9.17, 15) is 5.11 Å². The molecule has 2 rings (SSSR count). The number of nitrogens with zero attached hydrogens (tertiary/aromatic N) is 1. The second-order valence-electron chi connectivity index (χ2n) is 4.86. The molecule has 86 valence electrons. The number of rotatable bonds is 2. The van der Waals surface area contributed by atoms with E-state index in [1.807, 2.05) is 19.9 Å². The lowest BCUT2D eigenvalue weighted by molar-refractivity contribution is 0.0787. The van der Waals surface area contributed by atoms with E-state index in [4.69, 9.17) is 0 Å². The molecule has 0 amide bonds. The van der Waals surface area contributed by atoms with Crippen LogP contribution in [-0.2, 0) is 12.1 Å². The molecule has 0 radical (unpaired) electrons. The van der Waals surface area contributed by atoms with Crippen LogP contribution in [-0.4, -0.2) is 9.67 Å². The minimum absolute atomic E-state index is 0.767. The van der Waals surface area contributed by atoms with Gasteiger partial charge in [-0.05, 0) is 51.5 Å². The lowest BCUT2D eigenvalue weighted by Gasteiger charge is -2.17. The molecule has 0 unspecified atom stereocenters. The Morgan fingerprint density at radius 3 is 2.50 bits per heavy atom. The maximum absolute atomic E-state index is 9.97. The van der Waals surface area contributed by atoms with Gasteiger partial charge in [0.25, 0.3) is 0 Å². The quantitative estimate of drug-likeness (QED) is 0.821. The average Bonchev–Trinajstić information content (AvgIpc) is 2.50. The first-order chi connectivity index (χ1) is 7.43. The largest absolute Gasteiger partial charge is 0.386 e. The van der Waals surface area contributed by atoms with Gasteiger partial charge >= 0.3 is 0 Å². The number of benzene rings is 1. The van der Waals surface area contributed by atoms with Crippen LogP contribution in [0.4, 0.5) is 0 Å². The molecule has 1 aromatic carbocycles. The summed E-state index contributed by atoms with van der Waals surface area (Å²) in [5.74, 6) is 0. The van der Waals surface area contributed by atoms with Crippen molar-refractivity contribution in [1.82, 2.24) is 4.57 Å². The van der Waals surface area contributed by atoms with Gasteiger partial charge in [-0.1, -0.05) is 6.07 Å². The molecule has 0 bridgehead atoms. The third-order valence-corrected chi connectivity index (χ3v) is 3.13. The molecule has 1 N–H and O–H groups in total. The number of aromatic nitrogens is 1. The molecule has 0 spiro atoms. The van der Waals surface area contributed by atoms with Crippen molar-refractivity contribution in [2.45, 2.75) is 39.8 Å². The standard InChI is InChI=1S/C14H19NO/c1-5-15-10(2)8-11-9-12(14(3,4)16)6-7-13(11)15/h6-9,16H,5H2,1-4H3. The molecule has 16 heavy (non-hydrogen) atoms. The summed E-state index contributed by atoms with van der Waals surface area (Å²) in [5.41, 5.74) is 2.71. The van der Waals surface area contributed by atoms with Crippen molar-refractivity contribution < 1.29 is 5.11 Å². The molecule has 2 heteroatoms. The molecule has 0 aliphatic heterocycles. The highest BCUT2D eigenvalue weighted by molar-refractivity contribution is 5.82. The van der Waals surface area contributed by atoms with Crippen molar-refractivity contribution in [3.63, 3.8) is 0 Å². The predicted octanol–water partition coefficient (Wildman–Crippen LogP) is 3.20. The van der Waals surface area contributed by atoms with Gasteiger partial charge in [0.05, 0.1) is 5.60 Å². The van der Waals surface area contributed by atoms with Crippen LogP contribution in [0.5, 0.6) is 0 Å². The molecule has 0 saturated heterocycles. The summed E-state index contributed by atoms with van der Waals surface area (Å²) >= 11 is 0. The Kier molecular flexibility index (Phi) is 2.55. The zero-order valence-electron chi connectivity index (χ0n) is 10.4. The molecular formula is C14H19NO. The van der Waals surface area contributed by atoms with Gasteiger partial charge in [0, 0.05) is 23.1 Å². The van der Waals surface area contributed by atoms with E-state index in [1.54, 1.807) is 0 Å². The van der Waals surface area contributed by atoms with Gasteiger partial charge in [-0.3, -0.25) is 0 Å². The average molecular weight is 217 g/mol. The lowest BCUT2D eigenvalue weighted by atomic mass is 9.97. The van der Waals surface area contributed by atoms with Crippen LogP contribution in [0, 0.1) is 6.92 Å². The van der Waals surface area contributed by atoms with E-state index in [0.717, 1.165) is 12.1 Å². The van der Waals surface area contributed by atoms with Crippen LogP contribution in [0.15, 0.2) is 24.3 Å². The fourth-order valence-electron chi connectivity index (χ4n) is 2.21. The lowest BCUT2D eigenvalue weighted by Crippen LogP contribution is -2.15. The number of hydrogen-bond acceptors (Lipinski definition) is 1. The first kappa shape index (κ1) is 11.2. The Morgan fingerprint density at radius 2 is 1.94 bits per heavy atom. The van der Waals surface area contributed by atoms with Crippen LogP contribution in [0.25, 0.3) is 10.9 Å². The fraction of sp³-hybridized carbons (Fsp3) is 0.429. The first-order valence-corrected chi connectivity index (χ1v) is 5.76. The van der Waals surface area contributed by atoms with Gasteiger partial charge in [0.15, 0.2) is 0 Å². The molecule has 2 nitrogen and oxygen atoms in total. The summed E-state index contributed by atoms with van der Waals surface area (Å²) in [7, 11) is 0.